The third kappa shape index (κ3) is 2.59. The van der Waals surface area contributed by atoms with Crippen molar-refractivity contribution >= 4 is 0 Å². The zero-order valence-electron chi connectivity index (χ0n) is 9.51. The summed E-state index contributed by atoms with van der Waals surface area (Å²) in [5.74, 6) is 0. The van der Waals surface area contributed by atoms with Gasteiger partial charge in [0, 0.05) is 19.2 Å². The fourth-order valence-electron chi connectivity index (χ4n) is 2.31. The lowest BCUT2D eigenvalue weighted by molar-refractivity contribution is 0.201. The molecule has 0 saturated heterocycles. The quantitative estimate of drug-likeness (QED) is 0.827. The topological polar surface area (TPSA) is 37.9 Å². The fraction of sp³-hybridized carbons (Fsp3) is 0.750. The van der Waals surface area contributed by atoms with E-state index in [-0.39, 0.29) is 0 Å². The molecule has 15 heavy (non-hydrogen) atoms. The summed E-state index contributed by atoms with van der Waals surface area (Å²) in [4.78, 5) is 0. The third-order valence-electron chi connectivity index (χ3n) is 3.18. The molecule has 0 radical (unpaired) electrons. The van der Waals surface area contributed by atoms with E-state index in [2.05, 4.69) is 10.2 Å². The number of rotatable bonds is 3. The van der Waals surface area contributed by atoms with Crippen LogP contribution in [0.15, 0.2) is 0 Å². The number of hydrogen-bond donors (Lipinski definition) is 1. The molecule has 0 bridgehead atoms. The van der Waals surface area contributed by atoms with Crippen molar-refractivity contribution in [3.8, 4) is 0 Å². The molecule has 1 aliphatic carbocycles. The number of nitrogens with zero attached hydrogens (tertiary/aromatic N) is 1. The monoisotopic (exact) mass is 208 g/mol. The normalized spacial score (nSPS) is 16.9. The van der Waals surface area contributed by atoms with Crippen LogP contribution in [-0.4, -0.2) is 23.9 Å². The Morgan fingerprint density at radius 2 is 2.00 bits per heavy atom. The molecule has 0 atom stereocenters. The molecule has 0 spiro atoms. The van der Waals surface area contributed by atoms with Gasteiger partial charge in [-0.25, -0.2) is 0 Å². The van der Waals surface area contributed by atoms with Crippen molar-refractivity contribution in [3.05, 3.63) is 17.0 Å². The van der Waals surface area contributed by atoms with Crippen LogP contribution in [0.2, 0.25) is 0 Å². The fourth-order valence-corrected chi connectivity index (χ4v) is 2.31. The molecule has 0 aromatic carbocycles. The van der Waals surface area contributed by atoms with Gasteiger partial charge in [-0.1, -0.05) is 12.8 Å². The molecule has 0 saturated carbocycles. The van der Waals surface area contributed by atoms with E-state index in [1.807, 2.05) is 0 Å². The Morgan fingerprint density at radius 1 is 1.20 bits per heavy atom. The smallest absolute Gasteiger partial charge is 0.0679 e. The van der Waals surface area contributed by atoms with Gasteiger partial charge in [0.2, 0.25) is 0 Å². The SMILES string of the molecule is COCCc1n[nH]c2c1CCCCCC2. The zero-order chi connectivity index (χ0) is 10.5. The molecule has 0 unspecified atom stereocenters. The summed E-state index contributed by atoms with van der Waals surface area (Å²) < 4.78 is 5.11. The number of hydrogen-bond acceptors (Lipinski definition) is 2. The summed E-state index contributed by atoms with van der Waals surface area (Å²) in [5, 5.41) is 7.61. The number of methoxy groups -OCH3 is 1. The van der Waals surface area contributed by atoms with Gasteiger partial charge in [-0.05, 0) is 31.2 Å². The largest absolute Gasteiger partial charge is 0.384 e. The van der Waals surface area contributed by atoms with Crippen LogP contribution in [0.1, 0.15) is 42.6 Å². The minimum absolute atomic E-state index is 0.775. The Morgan fingerprint density at radius 3 is 2.80 bits per heavy atom. The maximum Gasteiger partial charge on any atom is 0.0679 e. The molecule has 1 heterocycles. The van der Waals surface area contributed by atoms with E-state index < -0.39 is 0 Å². The van der Waals surface area contributed by atoms with Crippen molar-refractivity contribution in [1.29, 1.82) is 0 Å². The Labute approximate surface area is 91.2 Å². The molecule has 2 rings (SSSR count). The Balaban J connectivity index is 2.11. The first kappa shape index (κ1) is 10.7. The van der Waals surface area contributed by atoms with Gasteiger partial charge >= 0.3 is 0 Å². The summed E-state index contributed by atoms with van der Waals surface area (Å²) in [5.41, 5.74) is 4.08. The van der Waals surface area contributed by atoms with Crippen molar-refractivity contribution in [1.82, 2.24) is 10.2 Å². The van der Waals surface area contributed by atoms with E-state index in [4.69, 9.17) is 4.74 Å². The Kier molecular flexibility index (Phi) is 3.78. The summed E-state index contributed by atoms with van der Waals surface area (Å²) in [6.07, 6.45) is 8.67. The van der Waals surface area contributed by atoms with Crippen molar-refractivity contribution in [2.75, 3.05) is 13.7 Å². The molecular formula is C12H20N2O. The molecule has 1 N–H and O–H groups in total. The molecule has 1 aliphatic rings. The number of H-pyrrole nitrogens is 1. The lowest BCUT2D eigenvalue weighted by Gasteiger charge is -2.09. The average Bonchev–Trinajstić information content (AvgIpc) is 2.57. The summed E-state index contributed by atoms with van der Waals surface area (Å²) >= 11 is 0. The van der Waals surface area contributed by atoms with Crippen molar-refractivity contribution < 1.29 is 4.74 Å². The predicted octanol–water partition coefficient (Wildman–Crippen LogP) is 2.26. The van der Waals surface area contributed by atoms with Gasteiger partial charge in [0.05, 0.1) is 12.3 Å². The van der Waals surface area contributed by atoms with Gasteiger partial charge in [0.15, 0.2) is 0 Å². The molecular weight excluding hydrogens is 188 g/mol. The van der Waals surface area contributed by atoms with Gasteiger partial charge < -0.3 is 4.74 Å². The number of aromatic amines is 1. The number of aryl methyl sites for hydroxylation is 1. The third-order valence-corrected chi connectivity index (χ3v) is 3.18. The van der Waals surface area contributed by atoms with Crippen LogP contribution in [0.4, 0.5) is 0 Å². The van der Waals surface area contributed by atoms with Crippen molar-refractivity contribution in [2.45, 2.75) is 44.9 Å². The molecule has 0 fully saturated rings. The van der Waals surface area contributed by atoms with Gasteiger partial charge in [-0.2, -0.15) is 5.10 Å². The van der Waals surface area contributed by atoms with Gasteiger partial charge in [-0.3, -0.25) is 5.10 Å². The van der Waals surface area contributed by atoms with Crippen molar-refractivity contribution in [3.63, 3.8) is 0 Å². The number of fused-ring (bicyclic) bond motifs is 1. The average molecular weight is 208 g/mol. The molecule has 84 valence electrons. The highest BCUT2D eigenvalue weighted by Crippen LogP contribution is 2.21. The predicted molar refractivity (Wildman–Crippen MR) is 60.0 cm³/mol. The minimum atomic E-state index is 0.775. The van der Waals surface area contributed by atoms with Gasteiger partial charge in [-0.15, -0.1) is 0 Å². The number of ether oxygens (including phenoxy) is 1. The minimum Gasteiger partial charge on any atom is -0.384 e. The maximum absolute atomic E-state index is 5.11. The van der Waals surface area contributed by atoms with Crippen LogP contribution in [0.25, 0.3) is 0 Å². The highest BCUT2D eigenvalue weighted by atomic mass is 16.5. The summed E-state index contributed by atoms with van der Waals surface area (Å²) in [6.45, 7) is 0.775. The molecule has 3 nitrogen and oxygen atoms in total. The first-order valence-corrected chi connectivity index (χ1v) is 5.95. The van der Waals surface area contributed by atoms with Gasteiger partial charge in [0.25, 0.3) is 0 Å². The van der Waals surface area contributed by atoms with Crippen LogP contribution in [0.5, 0.6) is 0 Å². The van der Waals surface area contributed by atoms with Crippen LogP contribution < -0.4 is 0 Å². The van der Waals surface area contributed by atoms with Crippen LogP contribution in [-0.2, 0) is 24.0 Å². The molecule has 1 aromatic heterocycles. The van der Waals surface area contributed by atoms with E-state index >= 15 is 0 Å². The molecule has 3 heteroatoms. The second-order valence-electron chi connectivity index (χ2n) is 4.28. The Bertz CT molecular complexity index is 307. The van der Waals surface area contributed by atoms with Crippen LogP contribution in [0, 0.1) is 0 Å². The standard InChI is InChI=1S/C12H20N2O/c1-15-9-8-12-10-6-4-2-3-5-7-11(10)13-14-12/h2-9H2,1H3,(H,13,14). The first-order chi connectivity index (χ1) is 7.42. The van der Waals surface area contributed by atoms with Crippen molar-refractivity contribution in [2.24, 2.45) is 0 Å². The van der Waals surface area contributed by atoms with E-state index in [0.717, 1.165) is 13.0 Å². The molecule has 0 aliphatic heterocycles. The summed E-state index contributed by atoms with van der Waals surface area (Å²) in [6, 6.07) is 0. The highest BCUT2D eigenvalue weighted by molar-refractivity contribution is 5.26. The molecule has 0 amide bonds. The van der Waals surface area contributed by atoms with Crippen LogP contribution >= 0.6 is 0 Å². The van der Waals surface area contributed by atoms with Gasteiger partial charge in [0.1, 0.15) is 0 Å². The Hall–Kier alpha value is -0.830. The highest BCUT2D eigenvalue weighted by Gasteiger charge is 2.14. The van der Waals surface area contributed by atoms with Crippen LogP contribution in [0.3, 0.4) is 0 Å². The molecule has 1 aromatic rings. The zero-order valence-corrected chi connectivity index (χ0v) is 9.51. The van der Waals surface area contributed by atoms with E-state index in [9.17, 15) is 0 Å². The summed E-state index contributed by atoms with van der Waals surface area (Å²) in [7, 11) is 1.75. The lowest BCUT2D eigenvalue weighted by Crippen LogP contribution is -2.02. The maximum atomic E-state index is 5.11. The number of aromatic nitrogens is 2. The second-order valence-corrected chi connectivity index (χ2v) is 4.28. The van der Waals surface area contributed by atoms with E-state index in [1.165, 1.54) is 55.5 Å². The first-order valence-electron chi connectivity index (χ1n) is 5.95. The number of nitrogens with one attached hydrogen (secondary N) is 1. The van der Waals surface area contributed by atoms with E-state index in [0.29, 0.717) is 0 Å². The second kappa shape index (κ2) is 5.31. The van der Waals surface area contributed by atoms with E-state index in [1.54, 1.807) is 7.11 Å². The lowest BCUT2D eigenvalue weighted by atomic mass is 9.96.